The molecule has 0 aliphatic carbocycles. The van der Waals surface area contributed by atoms with Crippen molar-refractivity contribution >= 4 is 23.6 Å². The SMILES string of the molecule is CN(CC(=O)C(C)(C)N(C)CC(=O)C(C)(C)NC(C)(C)CCOC(C)(C)CCN=[N+]=[N-])C(=O)CCNC(=O)OC(C)(C)C. The van der Waals surface area contributed by atoms with Crippen molar-refractivity contribution < 1.29 is 28.7 Å². The molecule has 0 heterocycles. The molecule has 248 valence electrons. The Morgan fingerprint density at radius 2 is 1.44 bits per heavy atom. The smallest absolute Gasteiger partial charge is 0.407 e. The molecule has 0 radical (unpaired) electrons. The number of hydrogen-bond donors (Lipinski definition) is 2. The molecule has 0 fully saturated rings. The summed E-state index contributed by atoms with van der Waals surface area (Å²) in [6.45, 7) is 21.1. The van der Waals surface area contributed by atoms with E-state index in [1.54, 1.807) is 46.6 Å². The molecule has 0 aliphatic heterocycles. The number of alkyl carbamates (subject to hydrolysis) is 1. The van der Waals surface area contributed by atoms with Crippen LogP contribution in [0.25, 0.3) is 10.4 Å². The first-order valence-electron chi connectivity index (χ1n) is 14.8. The van der Waals surface area contributed by atoms with Gasteiger partial charge in [0.05, 0.1) is 29.8 Å². The molecule has 13 nitrogen and oxygen atoms in total. The monoisotopic (exact) mass is 611 g/mol. The first-order valence-corrected chi connectivity index (χ1v) is 14.8. The summed E-state index contributed by atoms with van der Waals surface area (Å²) in [7, 11) is 3.25. The zero-order valence-corrected chi connectivity index (χ0v) is 28.8. The third-order valence-electron chi connectivity index (χ3n) is 7.28. The molecule has 0 bridgehead atoms. The Morgan fingerprint density at radius 1 is 0.860 bits per heavy atom. The number of ketones is 2. The molecule has 0 rings (SSSR count). The topological polar surface area (TPSA) is 166 Å². The Morgan fingerprint density at radius 3 is 1.98 bits per heavy atom. The minimum Gasteiger partial charge on any atom is -0.444 e. The molecule has 0 saturated heterocycles. The Balaban J connectivity index is 4.97. The fraction of sp³-hybridized carbons (Fsp3) is 0.867. The average molecular weight is 612 g/mol. The van der Waals surface area contributed by atoms with E-state index in [4.69, 9.17) is 15.0 Å². The highest BCUT2D eigenvalue weighted by atomic mass is 16.6. The second-order valence-electron chi connectivity index (χ2n) is 14.4. The van der Waals surface area contributed by atoms with Crippen LogP contribution in [0.3, 0.4) is 0 Å². The summed E-state index contributed by atoms with van der Waals surface area (Å²) in [5.41, 5.74) is 5.07. The largest absolute Gasteiger partial charge is 0.444 e. The molecule has 2 amide bonds. The molecule has 0 aromatic rings. The summed E-state index contributed by atoms with van der Waals surface area (Å²) in [4.78, 5) is 56.7. The second-order valence-corrected chi connectivity index (χ2v) is 14.4. The Labute approximate surface area is 258 Å². The first kappa shape index (κ1) is 40.3. The number of carbonyl (C=O) groups excluding carboxylic acids is 4. The number of nitrogens with one attached hydrogen (secondary N) is 2. The lowest BCUT2D eigenvalue weighted by Gasteiger charge is -2.40. The van der Waals surface area contributed by atoms with Crippen molar-refractivity contribution in [1.82, 2.24) is 20.4 Å². The van der Waals surface area contributed by atoms with Crippen LogP contribution in [-0.4, -0.2) is 108 Å². The maximum absolute atomic E-state index is 13.4. The Bertz CT molecular complexity index is 1010. The average Bonchev–Trinajstić information content (AvgIpc) is 2.81. The number of ether oxygens (including phenoxy) is 2. The van der Waals surface area contributed by atoms with Crippen LogP contribution in [0.4, 0.5) is 4.79 Å². The van der Waals surface area contributed by atoms with Crippen molar-refractivity contribution in [2.24, 2.45) is 5.11 Å². The third kappa shape index (κ3) is 16.1. The van der Waals surface area contributed by atoms with Gasteiger partial charge in [-0.1, -0.05) is 5.11 Å². The van der Waals surface area contributed by atoms with E-state index in [0.29, 0.717) is 26.0 Å². The zero-order valence-electron chi connectivity index (χ0n) is 28.8. The maximum Gasteiger partial charge on any atom is 0.407 e. The molecule has 0 saturated carbocycles. The molecule has 0 spiro atoms. The van der Waals surface area contributed by atoms with Gasteiger partial charge in [-0.3, -0.25) is 19.3 Å². The summed E-state index contributed by atoms with van der Waals surface area (Å²) in [6.07, 6.45) is 0.655. The molecule has 0 aliphatic rings. The minimum absolute atomic E-state index is 0.0195. The van der Waals surface area contributed by atoms with Crippen molar-refractivity contribution in [3.8, 4) is 0 Å². The van der Waals surface area contributed by atoms with Gasteiger partial charge >= 0.3 is 6.09 Å². The highest BCUT2D eigenvalue weighted by molar-refractivity contribution is 5.94. The number of hydrogen-bond acceptors (Lipinski definition) is 9. The van der Waals surface area contributed by atoms with Crippen molar-refractivity contribution in [2.75, 3.05) is 46.9 Å². The van der Waals surface area contributed by atoms with Crippen LogP contribution >= 0.6 is 0 Å². The zero-order chi connectivity index (χ0) is 33.9. The Hall–Kier alpha value is -2.73. The lowest BCUT2D eigenvalue weighted by Crippen LogP contribution is -2.61. The molecular formula is C30H57N7O6. The van der Waals surface area contributed by atoms with E-state index in [-0.39, 0.29) is 43.5 Å². The lowest BCUT2D eigenvalue weighted by atomic mass is 9.90. The summed E-state index contributed by atoms with van der Waals surface area (Å²) >= 11 is 0. The fourth-order valence-corrected chi connectivity index (χ4v) is 4.09. The first-order chi connectivity index (χ1) is 19.3. The molecule has 43 heavy (non-hydrogen) atoms. The van der Waals surface area contributed by atoms with Gasteiger partial charge in [-0.2, -0.15) is 0 Å². The molecule has 0 aromatic heterocycles. The third-order valence-corrected chi connectivity index (χ3v) is 7.28. The normalized spacial score (nSPS) is 12.9. The van der Waals surface area contributed by atoms with Gasteiger partial charge in [0.2, 0.25) is 5.91 Å². The van der Waals surface area contributed by atoms with Crippen molar-refractivity contribution in [1.29, 1.82) is 0 Å². The van der Waals surface area contributed by atoms with Crippen LogP contribution in [0, 0.1) is 0 Å². The van der Waals surface area contributed by atoms with Gasteiger partial charge in [0.1, 0.15) is 5.60 Å². The molecule has 0 unspecified atom stereocenters. The standard InChI is InChI=1S/C30H57N7O6/c1-26(2,3)43-25(41)32-17-14-24(40)36(12)20-23(39)30(10,11)37(13)21-22(38)29(8,9)34-27(4,5)16-19-42-28(6,7)15-18-33-35-31/h34H,14-21H2,1-13H3,(H,32,41). The molecule has 2 N–H and O–H groups in total. The van der Waals surface area contributed by atoms with Gasteiger partial charge in [-0.25, -0.2) is 4.79 Å². The predicted octanol–water partition coefficient (Wildman–Crippen LogP) is 4.24. The van der Waals surface area contributed by atoms with Gasteiger partial charge in [0.25, 0.3) is 0 Å². The minimum atomic E-state index is -1.01. The van der Waals surface area contributed by atoms with Gasteiger partial charge in [0.15, 0.2) is 11.6 Å². The van der Waals surface area contributed by atoms with E-state index in [0.717, 1.165) is 0 Å². The van der Waals surface area contributed by atoms with Gasteiger partial charge < -0.3 is 25.0 Å². The number of likely N-dealkylation sites (N-methyl/N-ethyl adjacent to an activating group) is 2. The summed E-state index contributed by atoms with van der Waals surface area (Å²) in [5.74, 6) is -0.600. The molecule has 0 atom stereocenters. The van der Waals surface area contributed by atoms with Crippen molar-refractivity contribution in [3.63, 3.8) is 0 Å². The van der Waals surface area contributed by atoms with Crippen LogP contribution in [0.2, 0.25) is 0 Å². The summed E-state index contributed by atoms with van der Waals surface area (Å²) in [5, 5.41) is 9.56. The van der Waals surface area contributed by atoms with Gasteiger partial charge in [-0.15, -0.1) is 0 Å². The van der Waals surface area contributed by atoms with Crippen molar-refractivity contribution in [2.45, 2.75) is 123 Å². The van der Waals surface area contributed by atoms with Crippen molar-refractivity contribution in [3.05, 3.63) is 10.4 Å². The number of Topliss-reactive ketones (excluding diaryl/α,β-unsaturated/α-hetero) is 2. The van der Waals surface area contributed by atoms with E-state index in [2.05, 4.69) is 20.7 Å². The van der Waals surface area contributed by atoms with Crippen LogP contribution in [0.1, 0.15) is 95.4 Å². The molecular weight excluding hydrogens is 554 g/mol. The Kier molecular flexibility index (Phi) is 15.3. The van der Waals surface area contributed by atoms with E-state index < -0.39 is 33.9 Å². The number of carbonyl (C=O) groups is 4. The fourth-order valence-electron chi connectivity index (χ4n) is 4.09. The van der Waals surface area contributed by atoms with E-state index in [1.165, 1.54) is 11.9 Å². The quantitative estimate of drug-likeness (QED) is 0.124. The van der Waals surface area contributed by atoms with Crippen LogP contribution in [0.5, 0.6) is 0 Å². The lowest BCUT2D eigenvalue weighted by molar-refractivity contribution is -0.139. The molecule has 13 heteroatoms. The van der Waals surface area contributed by atoms with E-state index in [9.17, 15) is 19.2 Å². The summed E-state index contributed by atoms with van der Waals surface area (Å²) in [6, 6.07) is 0. The number of amides is 2. The highest BCUT2D eigenvalue weighted by Crippen LogP contribution is 2.22. The second kappa shape index (κ2) is 16.4. The van der Waals surface area contributed by atoms with Crippen LogP contribution < -0.4 is 10.6 Å². The molecule has 0 aromatic carbocycles. The van der Waals surface area contributed by atoms with Crippen LogP contribution in [-0.2, 0) is 23.9 Å². The number of azide groups is 1. The van der Waals surface area contributed by atoms with Gasteiger partial charge in [-0.05, 0) is 102 Å². The van der Waals surface area contributed by atoms with E-state index in [1.807, 2.05) is 41.5 Å². The number of rotatable bonds is 19. The highest BCUT2D eigenvalue weighted by Gasteiger charge is 2.39. The van der Waals surface area contributed by atoms with Crippen LogP contribution in [0.15, 0.2) is 5.11 Å². The predicted molar refractivity (Wildman–Crippen MR) is 168 cm³/mol. The number of nitrogens with zero attached hydrogens (tertiary/aromatic N) is 5. The summed E-state index contributed by atoms with van der Waals surface area (Å²) < 4.78 is 11.2. The van der Waals surface area contributed by atoms with Gasteiger partial charge in [0, 0.05) is 43.6 Å². The van der Waals surface area contributed by atoms with E-state index >= 15 is 0 Å². The maximum atomic E-state index is 13.4.